The molecule has 2 rings (SSSR count). The van der Waals surface area contributed by atoms with Gasteiger partial charge in [0.1, 0.15) is 16.5 Å². The largest absolute Gasteiger partial charge is 0.370 e. The van der Waals surface area contributed by atoms with Gasteiger partial charge in [-0.2, -0.15) is 5.10 Å². The van der Waals surface area contributed by atoms with Gasteiger partial charge in [-0.1, -0.05) is 34.4 Å². The Hall–Kier alpha value is -1.92. The maximum absolute atomic E-state index is 13.4. The number of hydrogen-bond acceptors (Lipinski definition) is 4. The normalized spacial score (nSPS) is 11.0. The number of aromatic nitrogens is 2. The predicted octanol–water partition coefficient (Wildman–Crippen LogP) is 3.06. The molecular formula is C12H8Cl2FN3O2. The topological polar surface area (TPSA) is 56.5 Å². The molecule has 104 valence electrons. The summed E-state index contributed by atoms with van der Waals surface area (Å²) in [5, 5.41) is 7.45. The van der Waals surface area contributed by atoms with Crippen LogP contribution in [0.15, 0.2) is 29.6 Å². The number of carbonyl (C=O) groups is 1. The molecule has 2 aromatic rings. The summed E-state index contributed by atoms with van der Waals surface area (Å²) in [6.07, 6.45) is 2.26. The minimum Gasteiger partial charge on any atom is -0.313 e. The molecule has 0 amide bonds. The van der Waals surface area contributed by atoms with E-state index in [-0.39, 0.29) is 21.3 Å². The van der Waals surface area contributed by atoms with Gasteiger partial charge in [-0.15, -0.1) is 0 Å². The van der Waals surface area contributed by atoms with Gasteiger partial charge >= 0.3 is 5.97 Å². The van der Waals surface area contributed by atoms with Crippen LogP contribution in [-0.2, 0) is 11.9 Å². The molecule has 0 radical (unpaired) electrons. The van der Waals surface area contributed by atoms with E-state index >= 15 is 0 Å². The molecular weight excluding hydrogens is 308 g/mol. The van der Waals surface area contributed by atoms with Crippen LogP contribution in [0.1, 0.15) is 15.9 Å². The second kappa shape index (κ2) is 6.02. The zero-order valence-electron chi connectivity index (χ0n) is 10.2. The summed E-state index contributed by atoms with van der Waals surface area (Å²) in [6, 6.07) is 4.16. The summed E-state index contributed by atoms with van der Waals surface area (Å²) in [7, 11) is 1.57. The third-order valence-corrected chi connectivity index (χ3v) is 3.18. The number of hydrogen-bond donors (Lipinski definition) is 0. The average molecular weight is 316 g/mol. The first-order valence-electron chi connectivity index (χ1n) is 5.37. The predicted molar refractivity (Wildman–Crippen MR) is 72.6 cm³/mol. The molecule has 0 bridgehead atoms. The highest BCUT2D eigenvalue weighted by Crippen LogP contribution is 2.17. The lowest BCUT2D eigenvalue weighted by Gasteiger charge is -1.99. The summed E-state index contributed by atoms with van der Waals surface area (Å²) < 4.78 is 14.7. The Morgan fingerprint density at radius 2 is 2.25 bits per heavy atom. The van der Waals surface area contributed by atoms with Crippen molar-refractivity contribution in [1.29, 1.82) is 0 Å². The second-order valence-electron chi connectivity index (χ2n) is 3.72. The van der Waals surface area contributed by atoms with Crippen LogP contribution in [0.5, 0.6) is 0 Å². The van der Waals surface area contributed by atoms with Crippen molar-refractivity contribution in [2.24, 2.45) is 12.2 Å². The van der Waals surface area contributed by atoms with Crippen molar-refractivity contribution in [3.05, 3.63) is 51.5 Å². The number of aryl methyl sites for hydroxylation is 1. The maximum Gasteiger partial charge on any atom is 0.370 e. The van der Waals surface area contributed by atoms with E-state index in [0.29, 0.717) is 0 Å². The Morgan fingerprint density at radius 1 is 1.50 bits per heavy atom. The molecule has 1 aromatic carbocycles. The molecule has 0 aliphatic carbocycles. The molecule has 1 aromatic heterocycles. The molecule has 0 atom stereocenters. The highest BCUT2D eigenvalue weighted by Gasteiger charge is 2.16. The first kappa shape index (κ1) is 14.5. The Morgan fingerprint density at radius 3 is 2.85 bits per heavy atom. The molecule has 8 heteroatoms. The van der Waals surface area contributed by atoms with E-state index in [1.54, 1.807) is 7.05 Å². The van der Waals surface area contributed by atoms with Crippen molar-refractivity contribution >= 4 is 35.4 Å². The van der Waals surface area contributed by atoms with E-state index in [1.807, 2.05) is 0 Å². The fourth-order valence-electron chi connectivity index (χ4n) is 1.37. The number of benzene rings is 1. The van der Waals surface area contributed by atoms with Crippen molar-refractivity contribution in [3.8, 4) is 0 Å². The van der Waals surface area contributed by atoms with Crippen LogP contribution in [0.3, 0.4) is 0 Å². The van der Waals surface area contributed by atoms with Crippen LogP contribution < -0.4 is 0 Å². The van der Waals surface area contributed by atoms with Crippen molar-refractivity contribution in [3.63, 3.8) is 0 Å². The lowest BCUT2D eigenvalue weighted by Crippen LogP contribution is -2.01. The molecule has 20 heavy (non-hydrogen) atoms. The van der Waals surface area contributed by atoms with Crippen LogP contribution in [0.4, 0.5) is 4.39 Å². The number of rotatable bonds is 3. The zero-order valence-corrected chi connectivity index (χ0v) is 11.7. The van der Waals surface area contributed by atoms with Gasteiger partial charge in [0.05, 0.1) is 23.0 Å². The van der Waals surface area contributed by atoms with Gasteiger partial charge in [0.15, 0.2) is 0 Å². The third-order valence-electron chi connectivity index (χ3n) is 2.40. The molecule has 0 aliphatic rings. The Bertz CT molecular complexity index is 665. The first-order chi connectivity index (χ1) is 9.50. The van der Waals surface area contributed by atoms with Gasteiger partial charge in [0.2, 0.25) is 0 Å². The standard InChI is InChI=1S/C12H8Cl2FN3O2/c1-18-11(14)8(5-16-18)12(19)20-17-6-7-9(13)3-2-4-10(7)15/h2-6H,1H3/b17-6+. The summed E-state index contributed by atoms with van der Waals surface area (Å²) in [6.45, 7) is 0. The van der Waals surface area contributed by atoms with E-state index < -0.39 is 11.8 Å². The van der Waals surface area contributed by atoms with Crippen LogP contribution in [0.2, 0.25) is 10.2 Å². The summed E-state index contributed by atoms with van der Waals surface area (Å²) in [5.41, 5.74) is 0.0881. The van der Waals surface area contributed by atoms with E-state index in [2.05, 4.69) is 15.1 Å². The smallest absolute Gasteiger partial charge is 0.313 e. The van der Waals surface area contributed by atoms with Gasteiger partial charge in [0, 0.05) is 7.05 Å². The van der Waals surface area contributed by atoms with Crippen LogP contribution in [0.25, 0.3) is 0 Å². The molecule has 0 spiro atoms. The van der Waals surface area contributed by atoms with Crippen molar-refractivity contribution in [2.75, 3.05) is 0 Å². The second-order valence-corrected chi connectivity index (χ2v) is 4.49. The Kier molecular flexibility index (Phi) is 4.36. The van der Waals surface area contributed by atoms with E-state index in [0.717, 1.165) is 6.21 Å². The summed E-state index contributed by atoms with van der Waals surface area (Å²) in [4.78, 5) is 16.2. The zero-order chi connectivity index (χ0) is 14.7. The van der Waals surface area contributed by atoms with E-state index in [9.17, 15) is 9.18 Å². The molecule has 0 fully saturated rings. The van der Waals surface area contributed by atoms with E-state index in [1.165, 1.54) is 29.1 Å². The Balaban J connectivity index is 2.11. The number of nitrogens with zero attached hydrogens (tertiary/aromatic N) is 3. The SMILES string of the molecule is Cn1ncc(C(=O)O/N=C/c2c(F)cccc2Cl)c1Cl. The minimum absolute atomic E-state index is 0.0271. The molecule has 1 heterocycles. The van der Waals surface area contributed by atoms with Crippen molar-refractivity contribution in [1.82, 2.24) is 9.78 Å². The molecule has 0 unspecified atom stereocenters. The van der Waals surface area contributed by atoms with Crippen LogP contribution >= 0.6 is 23.2 Å². The highest BCUT2D eigenvalue weighted by atomic mass is 35.5. The average Bonchev–Trinajstić information content (AvgIpc) is 2.73. The molecule has 0 N–H and O–H groups in total. The van der Waals surface area contributed by atoms with Gasteiger partial charge in [0.25, 0.3) is 0 Å². The van der Waals surface area contributed by atoms with Gasteiger partial charge in [-0.05, 0) is 12.1 Å². The van der Waals surface area contributed by atoms with Crippen LogP contribution in [0, 0.1) is 5.82 Å². The number of oxime groups is 1. The van der Waals surface area contributed by atoms with Gasteiger partial charge < -0.3 is 4.84 Å². The highest BCUT2D eigenvalue weighted by molar-refractivity contribution is 6.33. The minimum atomic E-state index is -0.799. The molecule has 5 nitrogen and oxygen atoms in total. The van der Waals surface area contributed by atoms with Crippen LogP contribution in [-0.4, -0.2) is 22.0 Å². The Labute approximate surface area is 123 Å². The van der Waals surface area contributed by atoms with Gasteiger partial charge in [-0.25, -0.2) is 9.18 Å². The maximum atomic E-state index is 13.4. The number of halogens is 3. The lowest BCUT2D eigenvalue weighted by molar-refractivity contribution is 0.0519. The monoisotopic (exact) mass is 315 g/mol. The number of carbonyl (C=O) groups excluding carboxylic acids is 1. The molecule has 0 saturated heterocycles. The lowest BCUT2D eigenvalue weighted by atomic mass is 10.2. The quantitative estimate of drug-likeness (QED) is 0.497. The molecule has 0 saturated carbocycles. The third kappa shape index (κ3) is 2.97. The summed E-state index contributed by atoms with van der Waals surface area (Å²) in [5.74, 6) is -1.37. The van der Waals surface area contributed by atoms with Crippen molar-refractivity contribution < 1.29 is 14.0 Å². The van der Waals surface area contributed by atoms with Gasteiger partial charge in [-0.3, -0.25) is 4.68 Å². The fourth-order valence-corrected chi connectivity index (χ4v) is 1.75. The first-order valence-corrected chi connectivity index (χ1v) is 6.12. The molecule has 0 aliphatic heterocycles. The van der Waals surface area contributed by atoms with E-state index in [4.69, 9.17) is 23.2 Å². The fraction of sp³-hybridized carbons (Fsp3) is 0.0833. The van der Waals surface area contributed by atoms with Crippen molar-refractivity contribution in [2.45, 2.75) is 0 Å². The summed E-state index contributed by atoms with van der Waals surface area (Å²) >= 11 is 11.6.